The van der Waals surface area contributed by atoms with Crippen LogP contribution in [0.4, 0.5) is 0 Å². The Balaban J connectivity index is 1.71. The van der Waals surface area contributed by atoms with E-state index in [0.29, 0.717) is 12.5 Å². The molecule has 2 atom stereocenters. The molecule has 5 nitrogen and oxygen atoms in total. The maximum Gasteiger partial charge on any atom is 0.0648 e. The van der Waals surface area contributed by atoms with Gasteiger partial charge in [-0.2, -0.15) is 0 Å². The number of rotatable bonds is 7. The second kappa shape index (κ2) is 8.06. The third kappa shape index (κ3) is 4.01. The Morgan fingerprint density at radius 1 is 1.28 bits per heavy atom. The largest absolute Gasteiger partial charge is 0.396 e. The molecule has 25 heavy (non-hydrogen) atoms. The molecule has 0 bridgehead atoms. The smallest absolute Gasteiger partial charge is 0.0648 e. The van der Waals surface area contributed by atoms with Crippen LogP contribution in [0.15, 0.2) is 18.2 Å². The molecule has 1 saturated heterocycles. The van der Waals surface area contributed by atoms with E-state index in [-0.39, 0.29) is 19.1 Å². The molecule has 1 aromatic carbocycles. The SMILES string of the molecule is Cc1c(CN2C[C@@H](CN(C)CCO)[C@@H](CO)C2)[nH]c2c(Cl)cccc12. The Hall–Kier alpha value is -1.11. The molecule has 0 aliphatic carbocycles. The van der Waals surface area contributed by atoms with Gasteiger partial charge in [0.2, 0.25) is 0 Å². The number of aliphatic hydroxyl groups excluding tert-OH is 2. The van der Waals surface area contributed by atoms with Gasteiger partial charge in [-0.3, -0.25) is 4.90 Å². The standard InChI is InChI=1S/C19H28ClN3O2/c1-13-16-4-3-5-17(20)19(16)21-18(13)11-23-9-14(15(10-23)12-25)8-22(2)6-7-24/h3-5,14-15,21,24-25H,6-12H2,1-2H3/t14-,15-/m1/s1. The van der Waals surface area contributed by atoms with Crippen LogP contribution in [0.2, 0.25) is 5.02 Å². The van der Waals surface area contributed by atoms with Crippen LogP contribution >= 0.6 is 11.6 Å². The number of aromatic nitrogens is 1. The van der Waals surface area contributed by atoms with E-state index >= 15 is 0 Å². The molecule has 138 valence electrons. The molecule has 0 saturated carbocycles. The number of aromatic amines is 1. The van der Waals surface area contributed by atoms with Crippen LogP contribution in [0.1, 0.15) is 11.3 Å². The van der Waals surface area contributed by atoms with Crippen molar-refractivity contribution in [2.75, 3.05) is 46.4 Å². The van der Waals surface area contributed by atoms with Gasteiger partial charge in [-0.1, -0.05) is 23.7 Å². The van der Waals surface area contributed by atoms with Gasteiger partial charge in [0.15, 0.2) is 0 Å². The molecule has 2 heterocycles. The van der Waals surface area contributed by atoms with Crippen molar-refractivity contribution in [3.8, 4) is 0 Å². The zero-order valence-electron chi connectivity index (χ0n) is 15.0. The fraction of sp³-hybridized carbons (Fsp3) is 0.579. The number of nitrogens with zero attached hydrogens (tertiary/aromatic N) is 2. The van der Waals surface area contributed by atoms with Gasteiger partial charge >= 0.3 is 0 Å². The highest BCUT2D eigenvalue weighted by Crippen LogP contribution is 2.30. The van der Waals surface area contributed by atoms with Crippen molar-refractivity contribution in [2.45, 2.75) is 13.5 Å². The Bertz CT molecular complexity index is 718. The van der Waals surface area contributed by atoms with Gasteiger partial charge in [-0.05, 0) is 37.4 Å². The summed E-state index contributed by atoms with van der Waals surface area (Å²) >= 11 is 6.31. The summed E-state index contributed by atoms with van der Waals surface area (Å²) in [5, 5.41) is 20.8. The van der Waals surface area contributed by atoms with Crippen molar-refractivity contribution >= 4 is 22.5 Å². The Kier molecular flexibility index (Phi) is 6.02. The number of aliphatic hydroxyl groups is 2. The fourth-order valence-electron chi connectivity index (χ4n) is 3.99. The molecule has 1 aromatic heterocycles. The first-order chi connectivity index (χ1) is 12.0. The zero-order valence-corrected chi connectivity index (χ0v) is 15.8. The molecule has 3 rings (SSSR count). The van der Waals surface area contributed by atoms with E-state index in [2.05, 4.69) is 27.8 Å². The molecular weight excluding hydrogens is 338 g/mol. The number of aryl methyl sites for hydroxylation is 1. The number of nitrogens with one attached hydrogen (secondary N) is 1. The lowest BCUT2D eigenvalue weighted by molar-refractivity contribution is 0.160. The third-order valence-electron chi connectivity index (χ3n) is 5.44. The van der Waals surface area contributed by atoms with Gasteiger partial charge in [0, 0.05) is 50.4 Å². The zero-order chi connectivity index (χ0) is 18.0. The molecule has 1 aliphatic rings. The average Bonchev–Trinajstić information content (AvgIpc) is 3.11. The number of fused-ring (bicyclic) bond motifs is 1. The van der Waals surface area contributed by atoms with Crippen molar-refractivity contribution in [2.24, 2.45) is 11.8 Å². The third-order valence-corrected chi connectivity index (χ3v) is 5.76. The number of halogens is 1. The number of likely N-dealkylation sites (N-methyl/N-ethyl adjacent to an activating group) is 1. The second-order valence-corrected chi connectivity index (χ2v) is 7.68. The van der Waals surface area contributed by atoms with E-state index in [1.54, 1.807) is 0 Å². The Labute approximate surface area is 154 Å². The summed E-state index contributed by atoms with van der Waals surface area (Å²) in [6.07, 6.45) is 0. The fourth-order valence-corrected chi connectivity index (χ4v) is 4.22. The van der Waals surface area contributed by atoms with Crippen molar-refractivity contribution in [3.63, 3.8) is 0 Å². The quantitative estimate of drug-likeness (QED) is 0.703. The predicted molar refractivity (Wildman–Crippen MR) is 102 cm³/mol. The van der Waals surface area contributed by atoms with Crippen LogP contribution < -0.4 is 0 Å². The van der Waals surface area contributed by atoms with Crippen LogP contribution in [0.3, 0.4) is 0 Å². The molecule has 0 unspecified atom stereocenters. The van der Waals surface area contributed by atoms with E-state index in [4.69, 9.17) is 16.7 Å². The summed E-state index contributed by atoms with van der Waals surface area (Å²) in [5.41, 5.74) is 3.46. The predicted octanol–water partition coefficient (Wildman–Crippen LogP) is 2.09. The highest BCUT2D eigenvalue weighted by Gasteiger charge is 2.33. The summed E-state index contributed by atoms with van der Waals surface area (Å²) in [5.74, 6) is 0.712. The van der Waals surface area contributed by atoms with Gasteiger partial charge in [-0.25, -0.2) is 0 Å². The molecule has 3 N–H and O–H groups in total. The number of para-hydroxylation sites is 1. The molecule has 1 aliphatic heterocycles. The first-order valence-electron chi connectivity index (χ1n) is 8.91. The maximum atomic E-state index is 9.75. The summed E-state index contributed by atoms with van der Waals surface area (Å²) in [6, 6.07) is 6.00. The molecule has 0 radical (unpaired) electrons. The molecule has 2 aromatic rings. The average molecular weight is 366 g/mol. The lowest BCUT2D eigenvalue weighted by atomic mass is 9.96. The first-order valence-corrected chi connectivity index (χ1v) is 9.29. The number of hydrogen-bond donors (Lipinski definition) is 3. The van der Waals surface area contributed by atoms with E-state index in [1.165, 1.54) is 16.6 Å². The first kappa shape index (κ1) is 18.7. The van der Waals surface area contributed by atoms with Crippen LogP contribution in [0.25, 0.3) is 10.9 Å². The maximum absolute atomic E-state index is 9.75. The van der Waals surface area contributed by atoms with Gasteiger partial charge in [0.05, 0.1) is 17.1 Å². The topological polar surface area (TPSA) is 62.7 Å². The van der Waals surface area contributed by atoms with Crippen molar-refractivity contribution in [3.05, 3.63) is 34.5 Å². The molecule has 0 spiro atoms. The highest BCUT2D eigenvalue weighted by molar-refractivity contribution is 6.35. The van der Waals surface area contributed by atoms with Crippen LogP contribution in [-0.4, -0.2) is 71.4 Å². The van der Waals surface area contributed by atoms with Gasteiger partial charge in [0.1, 0.15) is 0 Å². The van der Waals surface area contributed by atoms with E-state index in [1.807, 2.05) is 19.2 Å². The van der Waals surface area contributed by atoms with Gasteiger partial charge in [0.25, 0.3) is 0 Å². The minimum atomic E-state index is 0.172. The Morgan fingerprint density at radius 3 is 2.72 bits per heavy atom. The Morgan fingerprint density at radius 2 is 2.04 bits per heavy atom. The van der Waals surface area contributed by atoms with Crippen LogP contribution in [0, 0.1) is 18.8 Å². The monoisotopic (exact) mass is 365 g/mol. The van der Waals surface area contributed by atoms with E-state index in [9.17, 15) is 5.11 Å². The van der Waals surface area contributed by atoms with Crippen LogP contribution in [0.5, 0.6) is 0 Å². The number of likely N-dealkylation sites (tertiary alicyclic amines) is 1. The summed E-state index contributed by atoms with van der Waals surface area (Å²) in [7, 11) is 2.02. The van der Waals surface area contributed by atoms with Crippen LogP contribution in [-0.2, 0) is 6.54 Å². The summed E-state index contributed by atoms with van der Waals surface area (Å²) in [6.45, 7) is 6.80. The second-order valence-electron chi connectivity index (χ2n) is 7.27. The number of hydrogen-bond acceptors (Lipinski definition) is 4. The summed E-state index contributed by atoms with van der Waals surface area (Å²) < 4.78 is 0. The van der Waals surface area contributed by atoms with Gasteiger partial charge < -0.3 is 20.1 Å². The lowest BCUT2D eigenvalue weighted by Gasteiger charge is -2.23. The highest BCUT2D eigenvalue weighted by atomic mass is 35.5. The minimum Gasteiger partial charge on any atom is -0.396 e. The summed E-state index contributed by atoms with van der Waals surface area (Å²) in [4.78, 5) is 8.04. The minimum absolute atomic E-state index is 0.172. The number of H-pyrrole nitrogens is 1. The van der Waals surface area contributed by atoms with E-state index in [0.717, 1.165) is 36.7 Å². The van der Waals surface area contributed by atoms with Gasteiger partial charge in [-0.15, -0.1) is 0 Å². The number of benzene rings is 1. The van der Waals surface area contributed by atoms with E-state index < -0.39 is 0 Å². The van der Waals surface area contributed by atoms with Crippen molar-refractivity contribution in [1.82, 2.24) is 14.8 Å². The van der Waals surface area contributed by atoms with Crippen molar-refractivity contribution in [1.29, 1.82) is 0 Å². The molecule has 1 fully saturated rings. The molecular formula is C19H28ClN3O2. The molecule has 6 heteroatoms. The van der Waals surface area contributed by atoms with Crippen molar-refractivity contribution < 1.29 is 10.2 Å². The molecule has 0 amide bonds. The normalized spacial score (nSPS) is 21.7. The lowest BCUT2D eigenvalue weighted by Crippen LogP contribution is -2.32.